The zero-order valence-corrected chi connectivity index (χ0v) is 21.2. The van der Waals surface area contributed by atoms with Gasteiger partial charge >= 0.3 is 0 Å². The maximum absolute atomic E-state index is 13.2. The molecule has 7 rings (SSSR count). The fourth-order valence-corrected chi connectivity index (χ4v) is 6.81. The summed E-state index contributed by atoms with van der Waals surface area (Å²) in [4.78, 5) is 53.0. The van der Waals surface area contributed by atoms with E-state index in [1.165, 1.54) is 16.7 Å². The summed E-state index contributed by atoms with van der Waals surface area (Å²) in [6.45, 7) is 3.65. The molecule has 0 bridgehead atoms. The fraction of sp³-hybridized carbons (Fsp3) is 0.448. The number of carbonyl (C=O) groups is 4. The van der Waals surface area contributed by atoms with Crippen molar-refractivity contribution in [1.29, 1.82) is 0 Å². The first kappa shape index (κ1) is 23.4. The van der Waals surface area contributed by atoms with Gasteiger partial charge < -0.3 is 15.0 Å². The largest absolute Gasteiger partial charge is 0.492 e. The number of hydrogen-bond donors (Lipinski definition) is 2. The van der Waals surface area contributed by atoms with Gasteiger partial charge in [0.1, 0.15) is 11.8 Å². The van der Waals surface area contributed by atoms with Crippen molar-refractivity contribution in [2.45, 2.75) is 63.1 Å². The van der Waals surface area contributed by atoms with Crippen molar-refractivity contribution >= 4 is 29.3 Å². The Labute approximate surface area is 220 Å². The molecule has 0 unspecified atom stereocenters. The van der Waals surface area contributed by atoms with Gasteiger partial charge in [-0.2, -0.15) is 0 Å². The number of benzene rings is 2. The standard InChI is InChI=1S/C29H30N4O5/c34-24-7-3-18-2-1-17(13-22(18)30-24)14-32-11-9-29(10-12-32)16-38-26-20-15-33(23-6-8-25(35)31-27(23)36)28(37)19(20)4-5-21(26)29/h1-2,4-5,13,23H,3,6-12,14-16H2,(H,30,34)(H,31,35,36)/t23-/m0/s1. The molecule has 1 spiro atoms. The molecular weight excluding hydrogens is 484 g/mol. The van der Waals surface area contributed by atoms with Crippen molar-refractivity contribution in [2.24, 2.45) is 0 Å². The average Bonchev–Trinajstić information content (AvgIpc) is 3.43. The van der Waals surface area contributed by atoms with E-state index in [4.69, 9.17) is 4.74 Å². The van der Waals surface area contributed by atoms with Crippen molar-refractivity contribution in [3.05, 3.63) is 58.1 Å². The van der Waals surface area contributed by atoms with Gasteiger partial charge in [0.2, 0.25) is 17.7 Å². The number of carbonyl (C=O) groups excluding carboxylic acids is 4. The molecule has 0 radical (unpaired) electrons. The van der Waals surface area contributed by atoms with Crippen LogP contribution >= 0.6 is 0 Å². The lowest BCUT2D eigenvalue weighted by molar-refractivity contribution is -0.137. The van der Waals surface area contributed by atoms with Crippen LogP contribution in [0.15, 0.2) is 30.3 Å². The third-order valence-corrected chi connectivity index (χ3v) is 9.02. The Hall–Kier alpha value is -3.72. The highest BCUT2D eigenvalue weighted by Crippen LogP contribution is 2.49. The van der Waals surface area contributed by atoms with E-state index >= 15 is 0 Å². The van der Waals surface area contributed by atoms with Crippen molar-refractivity contribution in [3.63, 3.8) is 0 Å². The molecule has 5 heterocycles. The molecule has 0 saturated carbocycles. The van der Waals surface area contributed by atoms with E-state index in [2.05, 4.69) is 39.8 Å². The molecule has 196 valence electrons. The minimum absolute atomic E-state index is 0.0736. The third kappa shape index (κ3) is 3.71. The van der Waals surface area contributed by atoms with Crippen LogP contribution in [0.25, 0.3) is 0 Å². The Bertz CT molecular complexity index is 1390. The molecule has 4 amide bonds. The third-order valence-electron chi connectivity index (χ3n) is 9.02. The van der Waals surface area contributed by atoms with Gasteiger partial charge in [0.15, 0.2) is 0 Å². The van der Waals surface area contributed by atoms with E-state index in [0.717, 1.165) is 55.9 Å². The number of ether oxygens (including phenoxy) is 1. The summed E-state index contributed by atoms with van der Waals surface area (Å²) < 4.78 is 6.30. The van der Waals surface area contributed by atoms with E-state index < -0.39 is 11.9 Å². The molecule has 0 aromatic heterocycles. The van der Waals surface area contributed by atoms with Crippen LogP contribution in [0.5, 0.6) is 5.75 Å². The predicted molar refractivity (Wildman–Crippen MR) is 138 cm³/mol. The van der Waals surface area contributed by atoms with E-state index in [9.17, 15) is 19.2 Å². The number of rotatable bonds is 3. The van der Waals surface area contributed by atoms with Crippen LogP contribution in [0.4, 0.5) is 5.69 Å². The molecular formula is C29H30N4O5. The summed E-state index contributed by atoms with van der Waals surface area (Å²) >= 11 is 0. The SMILES string of the molecule is O=C1CC[C@H](N2Cc3c(ccc4c3OCC43CCN(Cc4ccc5c(c4)NC(=O)CC5)CC3)C2=O)C(=O)N1. The van der Waals surface area contributed by atoms with Gasteiger partial charge in [-0.05, 0) is 62.0 Å². The van der Waals surface area contributed by atoms with Crippen molar-refractivity contribution in [3.8, 4) is 5.75 Å². The Balaban J connectivity index is 1.06. The molecule has 5 aliphatic heterocycles. The summed E-state index contributed by atoms with van der Waals surface area (Å²) in [5.74, 6) is 0.0433. The van der Waals surface area contributed by atoms with E-state index in [-0.39, 0.29) is 29.6 Å². The lowest BCUT2D eigenvalue weighted by Crippen LogP contribution is -2.52. The first-order valence-corrected chi connectivity index (χ1v) is 13.5. The Morgan fingerprint density at radius 1 is 0.947 bits per heavy atom. The van der Waals surface area contributed by atoms with Gasteiger partial charge in [-0.25, -0.2) is 0 Å². The number of piperidine rings is 2. The summed E-state index contributed by atoms with van der Waals surface area (Å²) in [7, 11) is 0. The van der Waals surface area contributed by atoms with E-state index in [1.807, 2.05) is 6.07 Å². The molecule has 2 aromatic carbocycles. The molecule has 0 aliphatic carbocycles. The number of aryl methyl sites for hydroxylation is 1. The molecule has 2 saturated heterocycles. The van der Waals surface area contributed by atoms with Crippen molar-refractivity contribution in [2.75, 3.05) is 25.0 Å². The van der Waals surface area contributed by atoms with Crippen LogP contribution in [-0.4, -0.2) is 59.2 Å². The first-order chi connectivity index (χ1) is 18.4. The molecule has 2 N–H and O–H groups in total. The number of likely N-dealkylation sites (tertiary alicyclic amines) is 1. The highest BCUT2D eigenvalue weighted by atomic mass is 16.5. The molecule has 9 nitrogen and oxygen atoms in total. The quantitative estimate of drug-likeness (QED) is 0.609. The van der Waals surface area contributed by atoms with Crippen LogP contribution in [0.1, 0.15) is 64.7 Å². The summed E-state index contributed by atoms with van der Waals surface area (Å²) in [6, 6.07) is 9.74. The lowest BCUT2D eigenvalue weighted by atomic mass is 9.74. The lowest BCUT2D eigenvalue weighted by Gasteiger charge is -2.38. The number of amides is 4. The second-order valence-electron chi connectivity index (χ2n) is 11.3. The molecule has 9 heteroatoms. The van der Waals surface area contributed by atoms with Gasteiger partial charge in [-0.15, -0.1) is 0 Å². The van der Waals surface area contributed by atoms with Crippen LogP contribution in [0.3, 0.4) is 0 Å². The maximum atomic E-state index is 13.2. The number of anilines is 1. The summed E-state index contributed by atoms with van der Waals surface area (Å²) in [5, 5.41) is 5.37. The van der Waals surface area contributed by atoms with E-state index in [1.54, 1.807) is 4.90 Å². The Morgan fingerprint density at radius 3 is 2.58 bits per heavy atom. The normalized spacial score (nSPS) is 24.0. The molecule has 1 atom stereocenters. The highest BCUT2D eigenvalue weighted by molar-refractivity contribution is 6.05. The minimum atomic E-state index is -0.626. The van der Waals surface area contributed by atoms with Crippen LogP contribution in [0.2, 0.25) is 0 Å². The van der Waals surface area contributed by atoms with Gasteiger partial charge in [-0.1, -0.05) is 18.2 Å². The monoisotopic (exact) mass is 514 g/mol. The highest BCUT2D eigenvalue weighted by Gasteiger charge is 2.47. The van der Waals surface area contributed by atoms with Crippen LogP contribution in [-0.2, 0) is 39.3 Å². The topological polar surface area (TPSA) is 108 Å². The minimum Gasteiger partial charge on any atom is -0.492 e. The molecule has 2 fully saturated rings. The van der Waals surface area contributed by atoms with Gasteiger partial charge in [0.25, 0.3) is 5.91 Å². The summed E-state index contributed by atoms with van der Waals surface area (Å²) in [5.41, 5.74) is 5.92. The average molecular weight is 515 g/mol. The number of imide groups is 1. The van der Waals surface area contributed by atoms with Gasteiger partial charge in [0, 0.05) is 47.2 Å². The molecule has 5 aliphatic rings. The fourth-order valence-electron chi connectivity index (χ4n) is 6.81. The van der Waals surface area contributed by atoms with Gasteiger partial charge in [-0.3, -0.25) is 29.4 Å². The number of fused-ring (bicyclic) bond motifs is 5. The zero-order valence-electron chi connectivity index (χ0n) is 21.2. The smallest absolute Gasteiger partial charge is 0.255 e. The van der Waals surface area contributed by atoms with E-state index in [0.29, 0.717) is 31.6 Å². The second-order valence-corrected chi connectivity index (χ2v) is 11.3. The van der Waals surface area contributed by atoms with Crippen molar-refractivity contribution < 1.29 is 23.9 Å². The van der Waals surface area contributed by atoms with Gasteiger partial charge in [0.05, 0.1) is 13.2 Å². The predicted octanol–water partition coefficient (Wildman–Crippen LogP) is 2.26. The van der Waals surface area contributed by atoms with Crippen LogP contribution in [0, 0.1) is 0 Å². The second kappa shape index (κ2) is 8.66. The Morgan fingerprint density at radius 2 is 1.76 bits per heavy atom. The maximum Gasteiger partial charge on any atom is 0.255 e. The molecule has 2 aromatic rings. The van der Waals surface area contributed by atoms with Crippen molar-refractivity contribution in [1.82, 2.24) is 15.1 Å². The number of nitrogens with one attached hydrogen (secondary N) is 2. The first-order valence-electron chi connectivity index (χ1n) is 13.5. The number of nitrogens with zero attached hydrogens (tertiary/aromatic N) is 2. The summed E-state index contributed by atoms with van der Waals surface area (Å²) in [6.07, 6.45) is 3.87. The van der Waals surface area contributed by atoms with Crippen LogP contribution < -0.4 is 15.4 Å². The Kier molecular flexibility index (Phi) is 5.33. The number of hydrogen-bond acceptors (Lipinski definition) is 6. The zero-order chi connectivity index (χ0) is 26.0. The molecule has 38 heavy (non-hydrogen) atoms.